The van der Waals surface area contributed by atoms with Crippen molar-refractivity contribution >= 4 is 5.91 Å². The molecular formula is C19H27N3O2. The molecular weight excluding hydrogens is 302 g/mol. The molecule has 3 rings (SSSR count). The summed E-state index contributed by atoms with van der Waals surface area (Å²) in [6, 6.07) is 3.80. The summed E-state index contributed by atoms with van der Waals surface area (Å²) in [5.41, 5.74) is 1.79. The van der Waals surface area contributed by atoms with Gasteiger partial charge in [0.25, 0.3) is 5.91 Å². The summed E-state index contributed by atoms with van der Waals surface area (Å²) < 4.78 is 7.53. The molecule has 0 N–H and O–H groups in total. The molecule has 1 aliphatic rings. The third kappa shape index (κ3) is 3.55. The van der Waals surface area contributed by atoms with Gasteiger partial charge in [0.1, 0.15) is 12.0 Å². The molecule has 2 aromatic heterocycles. The van der Waals surface area contributed by atoms with Gasteiger partial charge in [-0.3, -0.25) is 4.79 Å². The van der Waals surface area contributed by atoms with Gasteiger partial charge in [0, 0.05) is 38.2 Å². The number of hydrogen-bond donors (Lipinski definition) is 0. The maximum atomic E-state index is 12.5. The number of oxazole rings is 1. The average molecular weight is 329 g/mol. The summed E-state index contributed by atoms with van der Waals surface area (Å²) in [6.45, 7) is 8.04. The van der Waals surface area contributed by atoms with E-state index in [4.69, 9.17) is 4.42 Å². The Labute approximate surface area is 143 Å². The summed E-state index contributed by atoms with van der Waals surface area (Å²) in [7, 11) is 1.91. The van der Waals surface area contributed by atoms with Crippen LogP contribution in [0.4, 0.5) is 0 Å². The smallest absolute Gasteiger partial charge is 0.270 e. The largest absolute Gasteiger partial charge is 0.449 e. The van der Waals surface area contributed by atoms with E-state index < -0.39 is 0 Å². The molecule has 0 spiro atoms. The molecule has 0 bridgehead atoms. The fraction of sp³-hybridized carbons (Fsp3) is 0.579. The third-order valence-electron chi connectivity index (χ3n) is 4.85. The van der Waals surface area contributed by atoms with E-state index in [-0.39, 0.29) is 11.3 Å². The van der Waals surface area contributed by atoms with Gasteiger partial charge in [0.15, 0.2) is 5.89 Å². The van der Waals surface area contributed by atoms with Crippen molar-refractivity contribution in [2.24, 2.45) is 13.0 Å². The third-order valence-corrected chi connectivity index (χ3v) is 4.85. The average Bonchev–Trinajstić information content (AvgIpc) is 3.16. The maximum absolute atomic E-state index is 12.5. The number of likely N-dealkylation sites (tertiary alicyclic amines) is 1. The number of rotatable bonds is 3. The standard InChI is InChI=1S/C19H27N3O2/c1-19(2,3)16-13-24-17(20-16)12-14-7-10-22(11-8-14)18(23)15-6-5-9-21(15)4/h5-6,9,13-14H,7-8,10-12H2,1-4H3. The van der Waals surface area contributed by atoms with Gasteiger partial charge in [-0.15, -0.1) is 0 Å². The van der Waals surface area contributed by atoms with Crippen LogP contribution in [0.3, 0.4) is 0 Å². The minimum absolute atomic E-state index is 0.0204. The molecule has 2 aromatic rings. The first kappa shape index (κ1) is 16.8. The number of hydrogen-bond acceptors (Lipinski definition) is 3. The highest BCUT2D eigenvalue weighted by Gasteiger charge is 2.26. The minimum Gasteiger partial charge on any atom is -0.449 e. The number of piperidine rings is 1. The quantitative estimate of drug-likeness (QED) is 0.867. The molecule has 5 heteroatoms. The molecule has 24 heavy (non-hydrogen) atoms. The Morgan fingerprint density at radius 3 is 2.58 bits per heavy atom. The molecule has 1 aliphatic heterocycles. The van der Waals surface area contributed by atoms with Crippen molar-refractivity contribution in [1.82, 2.24) is 14.5 Å². The van der Waals surface area contributed by atoms with Gasteiger partial charge in [-0.2, -0.15) is 0 Å². The molecule has 0 atom stereocenters. The Hall–Kier alpha value is -2.04. The molecule has 5 nitrogen and oxygen atoms in total. The summed E-state index contributed by atoms with van der Waals surface area (Å²) >= 11 is 0. The van der Waals surface area contributed by atoms with Gasteiger partial charge in [-0.05, 0) is 30.9 Å². The number of aromatic nitrogens is 2. The van der Waals surface area contributed by atoms with Gasteiger partial charge in [0.2, 0.25) is 0 Å². The number of aryl methyl sites for hydroxylation is 1. The van der Waals surface area contributed by atoms with Crippen LogP contribution in [0.25, 0.3) is 0 Å². The predicted octanol–water partition coefficient (Wildman–Crippen LogP) is 3.41. The van der Waals surface area contributed by atoms with E-state index in [1.165, 1.54) is 0 Å². The highest BCUT2D eigenvalue weighted by molar-refractivity contribution is 5.92. The lowest BCUT2D eigenvalue weighted by molar-refractivity contribution is 0.0678. The van der Waals surface area contributed by atoms with Crippen LogP contribution in [0.1, 0.15) is 55.7 Å². The Balaban J connectivity index is 1.55. The van der Waals surface area contributed by atoms with Crippen LogP contribution >= 0.6 is 0 Å². The Morgan fingerprint density at radius 2 is 2.04 bits per heavy atom. The zero-order chi connectivity index (χ0) is 17.3. The monoisotopic (exact) mass is 329 g/mol. The Bertz CT molecular complexity index is 700. The van der Waals surface area contributed by atoms with E-state index in [0.29, 0.717) is 5.92 Å². The van der Waals surface area contributed by atoms with E-state index in [9.17, 15) is 4.79 Å². The van der Waals surface area contributed by atoms with Crippen molar-refractivity contribution in [3.8, 4) is 0 Å². The number of carbonyl (C=O) groups excluding carboxylic acids is 1. The van der Waals surface area contributed by atoms with Gasteiger partial charge >= 0.3 is 0 Å². The van der Waals surface area contributed by atoms with Gasteiger partial charge in [-0.1, -0.05) is 20.8 Å². The normalized spacial score (nSPS) is 16.6. The van der Waals surface area contributed by atoms with Crippen molar-refractivity contribution in [3.63, 3.8) is 0 Å². The van der Waals surface area contributed by atoms with E-state index >= 15 is 0 Å². The van der Waals surface area contributed by atoms with Gasteiger partial charge in [-0.25, -0.2) is 4.98 Å². The van der Waals surface area contributed by atoms with Crippen LogP contribution in [0.2, 0.25) is 0 Å². The molecule has 130 valence electrons. The minimum atomic E-state index is 0.0204. The van der Waals surface area contributed by atoms with E-state index in [1.807, 2.05) is 34.8 Å². The first-order valence-electron chi connectivity index (χ1n) is 8.70. The van der Waals surface area contributed by atoms with Crippen molar-refractivity contribution in [2.75, 3.05) is 13.1 Å². The highest BCUT2D eigenvalue weighted by Crippen LogP contribution is 2.25. The van der Waals surface area contributed by atoms with Crippen molar-refractivity contribution < 1.29 is 9.21 Å². The summed E-state index contributed by atoms with van der Waals surface area (Å²) in [6.07, 6.45) is 6.56. The zero-order valence-electron chi connectivity index (χ0n) is 15.1. The molecule has 0 aliphatic carbocycles. The van der Waals surface area contributed by atoms with Crippen LogP contribution < -0.4 is 0 Å². The maximum Gasteiger partial charge on any atom is 0.270 e. The van der Waals surface area contributed by atoms with Crippen LogP contribution in [0.15, 0.2) is 29.0 Å². The van der Waals surface area contributed by atoms with E-state index in [0.717, 1.165) is 49.6 Å². The Kier molecular flexibility index (Phi) is 4.52. The molecule has 1 amide bonds. The lowest BCUT2D eigenvalue weighted by Gasteiger charge is -2.31. The SMILES string of the molecule is Cn1cccc1C(=O)N1CCC(Cc2nc(C(C)(C)C)co2)CC1. The molecule has 1 fully saturated rings. The van der Waals surface area contributed by atoms with Gasteiger partial charge in [0.05, 0.1) is 5.69 Å². The second-order valence-corrected chi connectivity index (χ2v) is 7.82. The van der Waals surface area contributed by atoms with Crippen molar-refractivity contribution in [3.05, 3.63) is 41.9 Å². The molecule has 3 heterocycles. The van der Waals surface area contributed by atoms with Crippen LogP contribution in [-0.2, 0) is 18.9 Å². The van der Waals surface area contributed by atoms with Crippen molar-refractivity contribution in [2.45, 2.75) is 45.4 Å². The molecule has 0 radical (unpaired) electrons. The highest BCUT2D eigenvalue weighted by atomic mass is 16.3. The Morgan fingerprint density at radius 1 is 1.33 bits per heavy atom. The van der Waals surface area contributed by atoms with Crippen LogP contribution in [0, 0.1) is 5.92 Å². The molecule has 0 unspecified atom stereocenters. The molecule has 1 saturated heterocycles. The second kappa shape index (κ2) is 6.46. The fourth-order valence-electron chi connectivity index (χ4n) is 3.18. The summed E-state index contributed by atoms with van der Waals surface area (Å²) in [5, 5.41) is 0. The number of carbonyl (C=O) groups is 1. The topological polar surface area (TPSA) is 51.3 Å². The van der Waals surface area contributed by atoms with Crippen molar-refractivity contribution in [1.29, 1.82) is 0 Å². The lowest BCUT2D eigenvalue weighted by Crippen LogP contribution is -2.39. The summed E-state index contributed by atoms with van der Waals surface area (Å²) in [5.74, 6) is 1.49. The lowest BCUT2D eigenvalue weighted by atomic mass is 9.92. The number of nitrogens with zero attached hydrogens (tertiary/aromatic N) is 3. The first-order chi connectivity index (χ1) is 11.3. The number of amides is 1. The van der Waals surface area contributed by atoms with Gasteiger partial charge < -0.3 is 13.9 Å². The molecule has 0 saturated carbocycles. The fourth-order valence-corrected chi connectivity index (χ4v) is 3.18. The van der Waals surface area contributed by atoms with E-state index in [1.54, 1.807) is 6.26 Å². The first-order valence-corrected chi connectivity index (χ1v) is 8.70. The molecule has 0 aromatic carbocycles. The summed E-state index contributed by atoms with van der Waals surface area (Å²) in [4.78, 5) is 19.1. The van der Waals surface area contributed by atoms with Crippen LogP contribution in [-0.4, -0.2) is 33.4 Å². The van der Waals surface area contributed by atoms with E-state index in [2.05, 4.69) is 25.8 Å². The van der Waals surface area contributed by atoms with Crippen LogP contribution in [0.5, 0.6) is 0 Å². The second-order valence-electron chi connectivity index (χ2n) is 7.82. The zero-order valence-corrected chi connectivity index (χ0v) is 15.1. The predicted molar refractivity (Wildman–Crippen MR) is 92.9 cm³/mol.